The molecule has 2 aliphatic rings. The number of piperazine rings is 1. The van der Waals surface area contributed by atoms with Crippen LogP contribution >= 0.6 is 23.2 Å². The van der Waals surface area contributed by atoms with Gasteiger partial charge in [0.1, 0.15) is 30.6 Å². The summed E-state index contributed by atoms with van der Waals surface area (Å²) < 4.78 is 24.4. The van der Waals surface area contributed by atoms with Gasteiger partial charge in [-0.05, 0) is 87.9 Å². The molecule has 3 aromatic carbocycles. The molecule has 0 N–H and O–H groups in total. The second-order valence-corrected chi connectivity index (χ2v) is 14.1. The first-order valence-electron chi connectivity index (χ1n) is 17.4. The summed E-state index contributed by atoms with van der Waals surface area (Å²) in [6.07, 6.45) is 3.97. The fourth-order valence-corrected chi connectivity index (χ4v) is 7.29. The fraction of sp³-hybridized carbons (Fsp3) is 0.395. The number of hydrogen-bond donors (Lipinski definition) is 0. The standard InChI is InChI=1S/C38H43Cl2N7O4/c1-5-26(2)47-37(48)46(25-42-47)32-9-7-30(8-10-32)43-16-18-44(19-17-43)31-11-13-33(14-12-31)49-22-34-23-50-38(51-34,24-45-27(3)21-41-28(45)4)35-15-6-29(39)20-36(35)40/h6-15,20-21,25-26,34H,5,16-19,22-24H2,1-4H3/t26?,34-,38-/m1/s1. The van der Waals surface area contributed by atoms with Crippen LogP contribution in [0.1, 0.15) is 43.4 Å². The van der Waals surface area contributed by atoms with E-state index >= 15 is 0 Å². The van der Waals surface area contributed by atoms with Crippen LogP contribution < -0.4 is 20.2 Å². The molecule has 3 atom stereocenters. The van der Waals surface area contributed by atoms with Crippen LogP contribution in [0.25, 0.3) is 5.69 Å². The summed E-state index contributed by atoms with van der Waals surface area (Å²) in [5, 5.41) is 5.33. The summed E-state index contributed by atoms with van der Waals surface area (Å²) in [4.78, 5) is 22.0. The highest BCUT2D eigenvalue weighted by Crippen LogP contribution is 2.41. The van der Waals surface area contributed by atoms with Gasteiger partial charge >= 0.3 is 5.69 Å². The molecule has 0 saturated carbocycles. The van der Waals surface area contributed by atoms with Gasteiger partial charge in [0.15, 0.2) is 0 Å². The number of benzene rings is 3. The Labute approximate surface area is 307 Å². The van der Waals surface area contributed by atoms with Gasteiger partial charge in [-0.25, -0.2) is 19.0 Å². The number of aryl methyl sites for hydroxylation is 2. The summed E-state index contributed by atoms with van der Waals surface area (Å²) in [6, 6.07) is 21.8. The normalized spacial score (nSPS) is 19.8. The third kappa shape index (κ3) is 7.26. The van der Waals surface area contributed by atoms with Gasteiger partial charge in [0.25, 0.3) is 0 Å². The van der Waals surface area contributed by atoms with Crippen LogP contribution in [0.5, 0.6) is 5.75 Å². The zero-order valence-corrected chi connectivity index (χ0v) is 30.8. The molecule has 13 heteroatoms. The molecule has 2 aromatic heterocycles. The molecule has 5 aromatic rings. The van der Waals surface area contributed by atoms with E-state index in [-0.39, 0.29) is 17.8 Å². The van der Waals surface area contributed by atoms with Crippen LogP contribution in [0.4, 0.5) is 11.4 Å². The van der Waals surface area contributed by atoms with E-state index in [0.29, 0.717) is 35.4 Å². The van der Waals surface area contributed by atoms with Crippen LogP contribution in [-0.4, -0.2) is 69.4 Å². The molecule has 0 bridgehead atoms. The number of aromatic nitrogens is 5. The van der Waals surface area contributed by atoms with Crippen LogP contribution in [0.15, 0.2) is 84.0 Å². The van der Waals surface area contributed by atoms with Gasteiger partial charge in [0.2, 0.25) is 5.79 Å². The van der Waals surface area contributed by atoms with E-state index in [1.807, 2.05) is 57.3 Å². The Morgan fingerprint density at radius 2 is 1.59 bits per heavy atom. The highest BCUT2D eigenvalue weighted by atomic mass is 35.5. The van der Waals surface area contributed by atoms with E-state index in [1.54, 1.807) is 27.7 Å². The molecule has 268 valence electrons. The second kappa shape index (κ2) is 14.7. The Morgan fingerprint density at radius 1 is 0.941 bits per heavy atom. The summed E-state index contributed by atoms with van der Waals surface area (Å²) in [5.74, 6) is 0.509. The number of halogens is 2. The summed E-state index contributed by atoms with van der Waals surface area (Å²) >= 11 is 12.9. The van der Waals surface area contributed by atoms with Crippen molar-refractivity contribution < 1.29 is 14.2 Å². The lowest BCUT2D eigenvalue weighted by Gasteiger charge is -2.37. The van der Waals surface area contributed by atoms with Crippen LogP contribution in [0, 0.1) is 13.8 Å². The fourth-order valence-electron chi connectivity index (χ4n) is 6.74. The van der Waals surface area contributed by atoms with E-state index in [9.17, 15) is 4.79 Å². The maximum atomic E-state index is 12.8. The zero-order valence-electron chi connectivity index (χ0n) is 29.3. The SMILES string of the molecule is CCC(C)n1ncn(-c2ccc(N3CCN(c4ccc(OC[C@@H]5CO[C@@](Cn6c(C)cnc6C)(c6ccc(Cl)cc6Cl)O5)cc4)CC3)cc2)c1=O. The highest BCUT2D eigenvalue weighted by molar-refractivity contribution is 6.35. The van der Waals surface area contributed by atoms with Crippen molar-refractivity contribution >= 4 is 34.6 Å². The first-order valence-corrected chi connectivity index (χ1v) is 18.1. The van der Waals surface area contributed by atoms with Crippen LogP contribution in [0.2, 0.25) is 10.0 Å². The van der Waals surface area contributed by atoms with Crippen molar-refractivity contribution in [1.82, 2.24) is 23.9 Å². The minimum absolute atomic E-state index is 0.0652. The maximum Gasteiger partial charge on any atom is 0.350 e. The molecule has 1 unspecified atom stereocenters. The van der Waals surface area contributed by atoms with Gasteiger partial charge in [0, 0.05) is 60.0 Å². The number of rotatable bonds is 11. The lowest BCUT2D eigenvalue weighted by atomic mass is 10.1. The first-order chi connectivity index (χ1) is 24.6. The number of hydrogen-bond acceptors (Lipinski definition) is 8. The number of nitrogens with zero attached hydrogens (tertiary/aromatic N) is 7. The van der Waals surface area contributed by atoms with Crippen molar-refractivity contribution in [3.8, 4) is 11.4 Å². The van der Waals surface area contributed by atoms with E-state index in [1.165, 1.54) is 0 Å². The van der Waals surface area contributed by atoms with Crippen molar-refractivity contribution in [2.24, 2.45) is 0 Å². The third-order valence-electron chi connectivity index (χ3n) is 9.93. The van der Waals surface area contributed by atoms with Crippen molar-refractivity contribution in [3.05, 3.63) is 117 Å². The molecule has 0 aliphatic carbocycles. The molecule has 0 spiro atoms. The van der Waals surface area contributed by atoms with E-state index in [2.05, 4.69) is 55.6 Å². The predicted molar refractivity (Wildman–Crippen MR) is 200 cm³/mol. The Morgan fingerprint density at radius 3 is 2.20 bits per heavy atom. The summed E-state index contributed by atoms with van der Waals surface area (Å²) in [7, 11) is 0. The monoisotopic (exact) mass is 731 g/mol. The Kier molecular flexibility index (Phi) is 10.2. The molecule has 51 heavy (non-hydrogen) atoms. The number of ether oxygens (including phenoxy) is 3. The van der Waals surface area contributed by atoms with Gasteiger partial charge in [-0.3, -0.25) is 0 Å². The van der Waals surface area contributed by atoms with Crippen LogP contribution in [0.3, 0.4) is 0 Å². The third-order valence-corrected chi connectivity index (χ3v) is 10.5. The molecule has 11 nitrogen and oxygen atoms in total. The Bertz CT molecular complexity index is 2000. The summed E-state index contributed by atoms with van der Waals surface area (Å²) in [5.41, 5.74) is 4.71. The Hall–Kier alpha value is -4.29. The maximum absolute atomic E-state index is 12.8. The molecular formula is C38H43Cl2N7O4. The largest absolute Gasteiger partial charge is 0.491 e. The minimum Gasteiger partial charge on any atom is -0.491 e. The molecular weight excluding hydrogens is 689 g/mol. The average Bonchev–Trinajstić information content (AvgIpc) is 3.84. The quantitative estimate of drug-likeness (QED) is 0.147. The highest BCUT2D eigenvalue weighted by Gasteiger charge is 2.46. The van der Waals surface area contributed by atoms with Crippen molar-refractivity contribution in [2.45, 2.75) is 58.6 Å². The van der Waals surface area contributed by atoms with E-state index < -0.39 is 5.79 Å². The van der Waals surface area contributed by atoms with Gasteiger partial charge in [-0.15, -0.1) is 0 Å². The molecule has 0 amide bonds. The lowest BCUT2D eigenvalue weighted by Crippen LogP contribution is -2.46. The molecule has 7 rings (SSSR count). The average molecular weight is 733 g/mol. The van der Waals surface area contributed by atoms with Gasteiger partial charge in [0.05, 0.1) is 29.9 Å². The van der Waals surface area contributed by atoms with Crippen molar-refractivity contribution in [1.29, 1.82) is 0 Å². The topological polar surface area (TPSA) is 91.8 Å². The lowest BCUT2D eigenvalue weighted by molar-refractivity contribution is -0.189. The van der Waals surface area contributed by atoms with E-state index in [4.69, 9.17) is 37.4 Å². The summed E-state index contributed by atoms with van der Waals surface area (Å²) in [6.45, 7) is 12.6. The van der Waals surface area contributed by atoms with Crippen LogP contribution in [-0.2, 0) is 21.8 Å². The first kappa shape index (κ1) is 35.1. The Balaban J connectivity index is 0.939. The molecule has 2 aliphatic heterocycles. The van der Waals surface area contributed by atoms with Crippen molar-refractivity contribution in [3.63, 3.8) is 0 Å². The van der Waals surface area contributed by atoms with E-state index in [0.717, 1.165) is 66.9 Å². The minimum atomic E-state index is -1.11. The number of imidazole rings is 1. The molecule has 2 fully saturated rings. The predicted octanol–water partition coefficient (Wildman–Crippen LogP) is 6.80. The smallest absolute Gasteiger partial charge is 0.350 e. The van der Waals surface area contributed by atoms with Gasteiger partial charge < -0.3 is 28.6 Å². The molecule has 4 heterocycles. The van der Waals surface area contributed by atoms with Gasteiger partial charge in [-0.2, -0.15) is 5.10 Å². The number of anilines is 2. The molecule has 2 saturated heterocycles. The van der Waals surface area contributed by atoms with Gasteiger partial charge in [-0.1, -0.05) is 36.2 Å². The second-order valence-electron chi connectivity index (χ2n) is 13.2. The molecule has 0 radical (unpaired) electrons. The zero-order chi connectivity index (χ0) is 35.7. The van der Waals surface area contributed by atoms with Crippen molar-refractivity contribution in [2.75, 3.05) is 49.2 Å².